The fourth-order valence-corrected chi connectivity index (χ4v) is 3.41. The third kappa shape index (κ3) is 3.99. The predicted molar refractivity (Wildman–Crippen MR) is 102 cm³/mol. The van der Waals surface area contributed by atoms with Crippen molar-refractivity contribution < 1.29 is 13.9 Å². The smallest absolute Gasteiger partial charge is 0.177 e. The molecule has 2 aliphatic rings. The molecule has 1 N–H and O–H groups in total. The van der Waals surface area contributed by atoms with Crippen molar-refractivity contribution in [2.75, 3.05) is 19.0 Å². The van der Waals surface area contributed by atoms with Crippen LogP contribution in [0.2, 0.25) is 0 Å². The Hall–Kier alpha value is -2.54. The van der Waals surface area contributed by atoms with Crippen LogP contribution in [0, 0.1) is 5.82 Å². The summed E-state index contributed by atoms with van der Waals surface area (Å²) in [6.07, 6.45) is 0.885. The van der Waals surface area contributed by atoms with Gasteiger partial charge in [0.05, 0.1) is 25.5 Å². The number of amidine groups is 1. The Bertz CT molecular complexity index is 852. The van der Waals surface area contributed by atoms with Gasteiger partial charge in [0.2, 0.25) is 0 Å². The maximum atomic E-state index is 12.9. The highest BCUT2D eigenvalue weighted by atomic mass is 32.2. The van der Waals surface area contributed by atoms with Gasteiger partial charge in [-0.25, -0.2) is 4.39 Å². The van der Waals surface area contributed by atoms with E-state index in [1.165, 1.54) is 12.1 Å². The molecule has 0 atom stereocenters. The van der Waals surface area contributed by atoms with Crippen LogP contribution in [0.1, 0.15) is 17.5 Å². The van der Waals surface area contributed by atoms with Crippen molar-refractivity contribution in [3.63, 3.8) is 0 Å². The van der Waals surface area contributed by atoms with Gasteiger partial charge in [-0.2, -0.15) is 5.10 Å². The van der Waals surface area contributed by atoms with E-state index in [9.17, 15) is 4.39 Å². The largest absolute Gasteiger partial charge is 0.490 e. The Morgan fingerprint density at radius 1 is 1.08 bits per heavy atom. The minimum Gasteiger partial charge on any atom is -0.490 e. The monoisotopic (exact) mass is 371 g/mol. The molecule has 4 rings (SSSR count). The minimum atomic E-state index is -0.240. The molecule has 0 bridgehead atoms. The van der Waals surface area contributed by atoms with E-state index in [0.717, 1.165) is 45.7 Å². The second kappa shape index (κ2) is 7.78. The summed E-state index contributed by atoms with van der Waals surface area (Å²) in [7, 11) is 0. The summed E-state index contributed by atoms with van der Waals surface area (Å²) in [5, 5.41) is 5.20. The molecule has 134 valence electrons. The maximum absolute atomic E-state index is 12.9. The molecular formula is C19H18FN3O2S. The first-order valence-corrected chi connectivity index (χ1v) is 9.41. The van der Waals surface area contributed by atoms with Gasteiger partial charge in [-0.05, 0) is 35.9 Å². The quantitative estimate of drug-likeness (QED) is 0.896. The number of thioether (sulfide) groups is 1. The van der Waals surface area contributed by atoms with Gasteiger partial charge >= 0.3 is 0 Å². The second-order valence-corrected chi connectivity index (χ2v) is 6.88. The van der Waals surface area contributed by atoms with Gasteiger partial charge in [-0.1, -0.05) is 23.9 Å². The molecule has 0 saturated heterocycles. The predicted octanol–water partition coefficient (Wildman–Crippen LogP) is 3.58. The van der Waals surface area contributed by atoms with E-state index in [1.54, 1.807) is 23.9 Å². The number of ether oxygens (including phenoxy) is 2. The lowest BCUT2D eigenvalue weighted by molar-refractivity contribution is 0.297. The first-order chi connectivity index (χ1) is 12.8. The number of fused-ring (bicyclic) bond motifs is 1. The average Bonchev–Trinajstić information content (AvgIpc) is 2.93. The first-order valence-electron chi connectivity index (χ1n) is 8.42. The molecule has 0 unspecified atom stereocenters. The van der Waals surface area contributed by atoms with Crippen molar-refractivity contribution in [1.82, 2.24) is 5.43 Å². The Kier molecular flexibility index (Phi) is 5.06. The number of rotatable bonds is 3. The van der Waals surface area contributed by atoms with Crippen LogP contribution < -0.4 is 14.9 Å². The van der Waals surface area contributed by atoms with Crippen LogP contribution in [-0.4, -0.2) is 29.8 Å². The topological polar surface area (TPSA) is 55.2 Å². The van der Waals surface area contributed by atoms with Gasteiger partial charge in [0.25, 0.3) is 0 Å². The van der Waals surface area contributed by atoms with Crippen molar-refractivity contribution in [2.45, 2.75) is 13.0 Å². The summed E-state index contributed by atoms with van der Waals surface area (Å²) >= 11 is 1.59. The number of aliphatic imine (C=N–C) groups is 1. The molecule has 0 aromatic heterocycles. The van der Waals surface area contributed by atoms with Crippen LogP contribution in [-0.2, 0) is 6.54 Å². The third-order valence-electron chi connectivity index (χ3n) is 4.03. The SMILES string of the molecule is Fc1ccc(CN=C2NN=C(c3ccc4c(c3)OCCCO4)CS2)cc1. The van der Waals surface area contributed by atoms with Crippen LogP contribution >= 0.6 is 11.8 Å². The third-order valence-corrected chi connectivity index (χ3v) is 4.94. The highest BCUT2D eigenvalue weighted by molar-refractivity contribution is 8.14. The van der Waals surface area contributed by atoms with Crippen LogP contribution in [0.3, 0.4) is 0 Å². The summed E-state index contributed by atoms with van der Waals surface area (Å²) < 4.78 is 24.3. The van der Waals surface area contributed by atoms with Crippen LogP contribution in [0.25, 0.3) is 0 Å². The fourth-order valence-electron chi connectivity index (χ4n) is 2.64. The zero-order valence-electron chi connectivity index (χ0n) is 14.1. The summed E-state index contributed by atoms with van der Waals surface area (Å²) in [4.78, 5) is 4.49. The second-order valence-electron chi connectivity index (χ2n) is 5.92. The minimum absolute atomic E-state index is 0.240. The molecule has 0 amide bonds. The lowest BCUT2D eigenvalue weighted by Gasteiger charge is -2.16. The van der Waals surface area contributed by atoms with Crippen LogP contribution in [0.5, 0.6) is 11.5 Å². The highest BCUT2D eigenvalue weighted by Gasteiger charge is 2.16. The Morgan fingerprint density at radius 3 is 2.65 bits per heavy atom. The number of hydrogen-bond acceptors (Lipinski definition) is 5. The summed E-state index contributed by atoms with van der Waals surface area (Å²) in [5.74, 6) is 2.03. The zero-order valence-corrected chi connectivity index (χ0v) is 14.9. The average molecular weight is 371 g/mol. The molecule has 0 fully saturated rings. The van der Waals surface area contributed by atoms with E-state index in [2.05, 4.69) is 15.5 Å². The number of nitrogens with zero attached hydrogens (tertiary/aromatic N) is 2. The van der Waals surface area contributed by atoms with Gasteiger partial charge < -0.3 is 9.47 Å². The zero-order chi connectivity index (χ0) is 17.8. The standard InChI is InChI=1S/C19H18FN3O2S/c20-15-5-2-13(3-6-15)11-21-19-23-22-16(12-26-19)14-4-7-17-18(10-14)25-9-1-8-24-17/h2-7,10H,1,8-9,11-12H2,(H,21,23). The molecule has 2 heterocycles. The molecule has 7 heteroatoms. The Labute approximate surface area is 155 Å². The van der Waals surface area contributed by atoms with Gasteiger partial charge in [0, 0.05) is 17.7 Å². The number of halogens is 1. The van der Waals surface area contributed by atoms with E-state index in [4.69, 9.17) is 9.47 Å². The van der Waals surface area contributed by atoms with Gasteiger partial charge in [0.1, 0.15) is 5.82 Å². The van der Waals surface area contributed by atoms with Crippen molar-refractivity contribution >= 4 is 22.6 Å². The lowest BCUT2D eigenvalue weighted by Crippen LogP contribution is -2.25. The van der Waals surface area contributed by atoms with Crippen molar-refractivity contribution in [3.8, 4) is 11.5 Å². The van der Waals surface area contributed by atoms with E-state index in [0.29, 0.717) is 19.8 Å². The van der Waals surface area contributed by atoms with E-state index < -0.39 is 0 Å². The molecule has 0 radical (unpaired) electrons. The number of hydrogen-bond donors (Lipinski definition) is 1. The fraction of sp³-hybridized carbons (Fsp3) is 0.263. The Balaban J connectivity index is 1.43. The molecule has 2 aliphatic heterocycles. The molecule has 5 nitrogen and oxygen atoms in total. The molecule has 26 heavy (non-hydrogen) atoms. The molecule has 2 aromatic carbocycles. The summed E-state index contributed by atoms with van der Waals surface area (Å²) in [6.45, 7) is 1.83. The first kappa shape index (κ1) is 16.9. The Morgan fingerprint density at radius 2 is 1.88 bits per heavy atom. The maximum Gasteiger partial charge on any atom is 0.177 e. The number of benzene rings is 2. The van der Waals surface area contributed by atoms with Crippen LogP contribution in [0.15, 0.2) is 52.6 Å². The highest BCUT2D eigenvalue weighted by Crippen LogP contribution is 2.31. The van der Waals surface area contributed by atoms with Gasteiger partial charge in [-0.15, -0.1) is 0 Å². The van der Waals surface area contributed by atoms with E-state index in [-0.39, 0.29) is 5.82 Å². The molecule has 0 aliphatic carbocycles. The lowest BCUT2D eigenvalue weighted by atomic mass is 10.1. The summed E-state index contributed by atoms with van der Waals surface area (Å²) in [5.41, 5.74) is 5.90. The van der Waals surface area contributed by atoms with Gasteiger partial charge in [0.15, 0.2) is 16.7 Å². The van der Waals surface area contributed by atoms with Gasteiger partial charge in [-0.3, -0.25) is 10.4 Å². The van der Waals surface area contributed by atoms with Crippen LogP contribution in [0.4, 0.5) is 4.39 Å². The van der Waals surface area contributed by atoms with Crippen molar-refractivity contribution in [1.29, 1.82) is 0 Å². The number of nitrogens with one attached hydrogen (secondary N) is 1. The molecule has 0 spiro atoms. The van der Waals surface area contributed by atoms with E-state index >= 15 is 0 Å². The molecule has 0 saturated carbocycles. The summed E-state index contributed by atoms with van der Waals surface area (Å²) in [6, 6.07) is 12.3. The van der Waals surface area contributed by atoms with Crippen molar-refractivity contribution in [3.05, 3.63) is 59.4 Å². The van der Waals surface area contributed by atoms with E-state index in [1.807, 2.05) is 18.2 Å². The molecular weight excluding hydrogens is 353 g/mol. The number of hydrazone groups is 1. The van der Waals surface area contributed by atoms with Crippen molar-refractivity contribution in [2.24, 2.45) is 10.1 Å². The molecule has 2 aromatic rings. The normalized spacial score (nSPS) is 18.0.